The quantitative estimate of drug-likeness (QED) is 0.0512. The van der Waals surface area contributed by atoms with E-state index in [9.17, 15) is 25.9 Å². The molecule has 0 unspecified atom stereocenters. The molecule has 78 heavy (non-hydrogen) atoms. The third-order valence-corrected chi connectivity index (χ3v) is 14.2. The molecule has 0 spiro atoms. The molecular formula is C60H80B2ClF8Fe2IN4. The number of rotatable bonds is 14. The molecule has 4 fully saturated rings. The van der Waals surface area contributed by atoms with Gasteiger partial charge in [-0.3, -0.25) is 25.9 Å². The van der Waals surface area contributed by atoms with Crippen LogP contribution < -0.4 is 64.1 Å². The third kappa shape index (κ3) is 32.8. The number of hydrogen-bond donors (Lipinski definition) is 0. The van der Waals surface area contributed by atoms with Crippen LogP contribution in [-0.4, -0.2) is 15.1 Å². The smallest absolute Gasteiger partial charge is 0.762 e. The molecule has 4 aliphatic carbocycles. The Hall–Kier alpha value is -3.33. The second kappa shape index (κ2) is 47.3. The second-order valence-electron chi connectivity index (χ2n) is 19.6. The molecule has 0 amide bonds. The molecule has 4 saturated carbocycles. The van der Waals surface area contributed by atoms with Gasteiger partial charge in [0.15, 0.2) is 49.6 Å². The molecule has 6 aromatic rings. The Balaban J connectivity index is 0. The number of benzene rings is 2. The van der Waals surface area contributed by atoms with Crippen LogP contribution in [0.5, 0.6) is 0 Å². The summed E-state index contributed by atoms with van der Waals surface area (Å²) in [6.45, 7) is 2.27. The van der Waals surface area contributed by atoms with Crippen LogP contribution in [0.15, 0.2) is 159 Å². The number of halogens is 10. The van der Waals surface area contributed by atoms with Crippen LogP contribution in [-0.2, 0) is 47.2 Å². The van der Waals surface area contributed by atoms with E-state index in [4.69, 9.17) is 0 Å². The zero-order valence-electron chi connectivity index (χ0n) is 45.0. The molecule has 4 aromatic heterocycles. The molecule has 2 aromatic carbocycles. The zero-order chi connectivity index (χ0) is 50.9. The van der Waals surface area contributed by atoms with Crippen LogP contribution in [0.1, 0.15) is 154 Å². The molecule has 0 atom stereocenters. The van der Waals surface area contributed by atoms with Crippen LogP contribution >= 0.6 is 0 Å². The molecule has 0 saturated heterocycles. The van der Waals surface area contributed by atoms with Crippen molar-refractivity contribution in [1.82, 2.24) is 0 Å². The minimum absolute atomic E-state index is 0. The first-order chi connectivity index (χ1) is 35.2. The minimum atomic E-state index is -3.67. The number of pyridine rings is 4. The fourth-order valence-electron chi connectivity index (χ4n) is 10.2. The maximum absolute atomic E-state index is 9.67. The van der Waals surface area contributed by atoms with Gasteiger partial charge in [0.05, 0.1) is 0 Å². The topological polar surface area (TPSA) is 15.5 Å². The summed E-state index contributed by atoms with van der Waals surface area (Å²) in [5.41, 5.74) is 7.45. The van der Waals surface area contributed by atoms with E-state index in [-0.39, 0.29) is 79.9 Å². The molecule has 0 bridgehead atoms. The van der Waals surface area contributed by atoms with Gasteiger partial charge in [0.2, 0.25) is 11.4 Å². The molecule has 0 radical (unpaired) electrons. The summed E-state index contributed by atoms with van der Waals surface area (Å²) >= 11 is 0. The molecule has 0 N–H and O–H groups in total. The van der Waals surface area contributed by atoms with E-state index in [1.165, 1.54) is 188 Å². The van der Waals surface area contributed by atoms with Crippen molar-refractivity contribution in [3.05, 3.63) is 159 Å². The van der Waals surface area contributed by atoms with E-state index in [2.05, 4.69) is 165 Å². The van der Waals surface area contributed by atoms with Crippen LogP contribution in [0.2, 0.25) is 0 Å². The van der Waals surface area contributed by atoms with Gasteiger partial charge in [-0.15, -0.1) is 0 Å². The van der Waals surface area contributed by atoms with Gasteiger partial charge in [0, 0.05) is 120 Å². The number of hydrogen-bond acceptors (Lipinski definition) is 0. The number of aromatic nitrogens is 4. The molecule has 4 heterocycles. The first kappa shape index (κ1) is 76.7. The van der Waals surface area contributed by atoms with E-state index in [1.807, 2.05) is 12.1 Å². The van der Waals surface area contributed by atoms with Crippen molar-refractivity contribution < 1.29 is 124 Å². The standard InChI is InChI=1S/2C25H30N2.2C5H10.2BF3.ClH.2FH.2Fe.HI/c2*1-2-11-25(12-3-1)27-20-15-24(16-21-27)23-13-18-26(19-14-23)17-7-6-10-22-8-4-5-9-22;2*1-2-4-5-3-1;2*2-1(3)4;;;;;;/h2*1-3,11-16,18-22H,4-10,17H2;2*1-5H2;;;3*1H;;;1H/q2*+2;;;;;;;;;;/p-4. The average molecular weight is 1300 g/mol. The first-order valence-corrected chi connectivity index (χ1v) is 27.2. The van der Waals surface area contributed by atoms with Gasteiger partial charge < -0.3 is 45.8 Å². The zero-order valence-corrected chi connectivity index (χ0v) is 50.1. The van der Waals surface area contributed by atoms with Gasteiger partial charge in [0.1, 0.15) is 13.1 Å². The van der Waals surface area contributed by atoms with Gasteiger partial charge in [-0.25, -0.2) is 9.13 Å². The van der Waals surface area contributed by atoms with Crippen molar-refractivity contribution in [2.24, 2.45) is 11.8 Å². The first-order valence-electron chi connectivity index (χ1n) is 27.2. The normalized spacial score (nSPS) is 13.8. The van der Waals surface area contributed by atoms with Gasteiger partial charge in [-0.05, 0) is 46.9 Å². The SMILES string of the molecule is C1CCCC1.C1CCCC1.FB(F)F.FB(F)F.[Cl-].[F-].[F-].[Fe].[Fe].[I-].c1ccc(-[n+]2ccc(-c3cc[n+](CCCCC4CCCC4)cc3)cc2)cc1.c1ccc(-[n+]2ccc(-c3cc[n+](CCCCC4CCCC4)cc3)cc2)cc1. The summed E-state index contributed by atoms with van der Waals surface area (Å²) in [7, 11) is -7.33. The number of unbranched alkanes of at least 4 members (excludes halogenated alkanes) is 2. The maximum atomic E-state index is 9.67. The van der Waals surface area contributed by atoms with Gasteiger partial charge in [-0.1, -0.05) is 165 Å². The Kier molecular flexibility index (Phi) is 46.6. The largest absolute Gasteiger partial charge is 1.00 e. The van der Waals surface area contributed by atoms with Crippen LogP contribution in [0, 0.1) is 11.8 Å². The van der Waals surface area contributed by atoms with E-state index in [0.29, 0.717) is 0 Å². The Bertz CT molecular complexity index is 2090. The summed E-state index contributed by atoms with van der Waals surface area (Å²) in [6, 6.07) is 38.6. The van der Waals surface area contributed by atoms with Gasteiger partial charge in [-0.2, -0.15) is 9.13 Å². The maximum Gasteiger partial charge on any atom is 0.762 e. The molecule has 18 heteroatoms. The average Bonchev–Trinajstić information content (AvgIpc) is 4.29. The van der Waals surface area contributed by atoms with Crippen molar-refractivity contribution in [2.45, 2.75) is 167 Å². The van der Waals surface area contributed by atoms with E-state index >= 15 is 0 Å². The predicted octanol–water partition coefficient (Wildman–Crippen LogP) is 4.23. The third-order valence-electron chi connectivity index (χ3n) is 14.2. The van der Waals surface area contributed by atoms with Gasteiger partial charge >= 0.3 is 15.1 Å². The minimum Gasteiger partial charge on any atom is -1.00 e. The summed E-state index contributed by atoms with van der Waals surface area (Å²) < 4.78 is 66.9. The summed E-state index contributed by atoms with van der Waals surface area (Å²) in [5.74, 6) is 2.04. The Morgan fingerprint density at radius 1 is 0.346 bits per heavy atom. The number of aryl methyl sites for hydroxylation is 2. The van der Waals surface area contributed by atoms with Crippen molar-refractivity contribution in [1.29, 1.82) is 0 Å². The second-order valence-corrected chi connectivity index (χ2v) is 19.6. The van der Waals surface area contributed by atoms with E-state index < -0.39 is 15.1 Å². The molecule has 4 nitrogen and oxygen atoms in total. The van der Waals surface area contributed by atoms with E-state index in [1.54, 1.807) is 0 Å². The summed E-state index contributed by atoms with van der Waals surface area (Å²) in [6.07, 6.45) is 52.4. The van der Waals surface area contributed by atoms with Crippen molar-refractivity contribution in [3.8, 4) is 33.6 Å². The van der Waals surface area contributed by atoms with Crippen LogP contribution in [0.4, 0.5) is 25.9 Å². The summed E-state index contributed by atoms with van der Waals surface area (Å²) in [5, 5.41) is 0. The molecule has 0 aliphatic heterocycles. The monoisotopic (exact) mass is 1300 g/mol. The number of para-hydroxylation sites is 2. The molecule has 10 rings (SSSR count). The van der Waals surface area contributed by atoms with Crippen molar-refractivity contribution in [3.63, 3.8) is 0 Å². The number of nitrogens with zero attached hydrogens (tertiary/aromatic N) is 4. The van der Waals surface area contributed by atoms with E-state index in [0.717, 1.165) is 24.9 Å². The fraction of sp³-hybridized carbons (Fsp3) is 0.467. The van der Waals surface area contributed by atoms with Crippen LogP contribution in [0.3, 0.4) is 0 Å². The van der Waals surface area contributed by atoms with Gasteiger partial charge in [0.25, 0.3) is 0 Å². The fourth-order valence-corrected chi connectivity index (χ4v) is 10.2. The Labute approximate surface area is 507 Å². The van der Waals surface area contributed by atoms with Crippen LogP contribution in [0.25, 0.3) is 33.6 Å². The van der Waals surface area contributed by atoms with Crippen molar-refractivity contribution in [2.75, 3.05) is 0 Å². The summed E-state index contributed by atoms with van der Waals surface area (Å²) in [4.78, 5) is 0. The van der Waals surface area contributed by atoms with Crippen molar-refractivity contribution >= 4 is 15.1 Å². The Morgan fingerprint density at radius 3 is 0.821 bits per heavy atom. The molecule has 432 valence electrons. The molecule has 4 aliphatic rings. The predicted molar refractivity (Wildman–Crippen MR) is 283 cm³/mol. The molecular weight excluding hydrogens is 1220 g/mol. The Morgan fingerprint density at radius 2 is 0.577 bits per heavy atom.